The topological polar surface area (TPSA) is 78.4 Å². The van der Waals surface area contributed by atoms with Crippen molar-refractivity contribution in [2.75, 3.05) is 11.9 Å². The molecule has 0 fully saturated rings. The Morgan fingerprint density at radius 2 is 1.56 bits per heavy atom. The summed E-state index contributed by atoms with van der Waals surface area (Å²) in [5, 5.41) is 15.2. The van der Waals surface area contributed by atoms with Gasteiger partial charge in [0.25, 0.3) is 0 Å². The molecular weight excluding hydrogens is 316 g/mol. The molecule has 3 N–H and O–H groups in total. The molecule has 2 aromatic carbocycles. The van der Waals surface area contributed by atoms with Gasteiger partial charge in [0.15, 0.2) is 0 Å². The van der Waals surface area contributed by atoms with Gasteiger partial charge in [0.2, 0.25) is 5.91 Å². The average molecular weight is 340 g/mol. The van der Waals surface area contributed by atoms with Crippen LogP contribution in [-0.4, -0.2) is 29.6 Å². The lowest BCUT2D eigenvalue weighted by atomic mass is 10.1. The zero-order valence-corrected chi connectivity index (χ0v) is 14.2. The fraction of sp³-hybridized carbons (Fsp3) is 0.300. The van der Waals surface area contributed by atoms with E-state index in [0.29, 0.717) is 6.42 Å². The summed E-state index contributed by atoms with van der Waals surface area (Å²) in [4.78, 5) is 23.4. The molecule has 0 radical (unpaired) electrons. The first kappa shape index (κ1) is 18.5. The first-order chi connectivity index (χ1) is 12.1. The largest absolute Gasteiger partial charge is 0.480 e. The Balaban J connectivity index is 1.69. The fourth-order valence-electron chi connectivity index (χ4n) is 2.55. The van der Waals surface area contributed by atoms with Crippen LogP contribution >= 0.6 is 0 Å². The first-order valence-corrected chi connectivity index (χ1v) is 8.50. The second-order valence-corrected chi connectivity index (χ2v) is 5.91. The van der Waals surface area contributed by atoms with Crippen molar-refractivity contribution < 1.29 is 14.7 Å². The van der Waals surface area contributed by atoms with Gasteiger partial charge < -0.3 is 15.7 Å². The van der Waals surface area contributed by atoms with Gasteiger partial charge in [-0.05, 0) is 37.0 Å². The van der Waals surface area contributed by atoms with E-state index in [1.807, 2.05) is 60.7 Å². The van der Waals surface area contributed by atoms with E-state index in [4.69, 9.17) is 0 Å². The van der Waals surface area contributed by atoms with Crippen molar-refractivity contribution in [1.29, 1.82) is 0 Å². The molecule has 1 atom stereocenters. The highest BCUT2D eigenvalue weighted by Gasteiger charge is 2.19. The van der Waals surface area contributed by atoms with Gasteiger partial charge in [0, 0.05) is 12.2 Å². The number of aliphatic carboxylic acids is 1. The number of benzene rings is 2. The molecule has 2 rings (SSSR count). The van der Waals surface area contributed by atoms with Crippen LogP contribution in [0.4, 0.5) is 5.69 Å². The molecule has 0 saturated heterocycles. The van der Waals surface area contributed by atoms with Crippen LogP contribution in [0.15, 0.2) is 60.7 Å². The van der Waals surface area contributed by atoms with Gasteiger partial charge in [-0.25, -0.2) is 4.79 Å². The summed E-state index contributed by atoms with van der Waals surface area (Å²) in [6, 6.07) is 18.3. The molecule has 0 aliphatic rings. The van der Waals surface area contributed by atoms with E-state index >= 15 is 0 Å². The van der Waals surface area contributed by atoms with Crippen molar-refractivity contribution in [2.24, 2.45) is 0 Å². The molecule has 0 spiro atoms. The molecule has 0 heterocycles. The second kappa shape index (κ2) is 10.1. The summed E-state index contributed by atoms with van der Waals surface area (Å²) in [6.07, 6.45) is 2.18. The molecule has 132 valence electrons. The van der Waals surface area contributed by atoms with E-state index in [9.17, 15) is 14.7 Å². The van der Waals surface area contributed by atoms with E-state index < -0.39 is 12.0 Å². The highest BCUT2D eigenvalue weighted by Crippen LogP contribution is 2.07. The van der Waals surface area contributed by atoms with Crippen LogP contribution in [0, 0.1) is 0 Å². The number of carbonyl (C=O) groups is 2. The lowest BCUT2D eigenvalue weighted by Crippen LogP contribution is -2.41. The number of para-hydroxylation sites is 1. The zero-order valence-electron chi connectivity index (χ0n) is 14.2. The Bertz CT molecular complexity index is 659. The van der Waals surface area contributed by atoms with Crippen LogP contribution in [0.3, 0.4) is 0 Å². The minimum atomic E-state index is -0.988. The van der Waals surface area contributed by atoms with Gasteiger partial charge in [-0.1, -0.05) is 48.5 Å². The number of carbonyl (C=O) groups excluding carboxylic acids is 1. The van der Waals surface area contributed by atoms with Crippen molar-refractivity contribution in [1.82, 2.24) is 5.32 Å². The van der Waals surface area contributed by atoms with Crippen molar-refractivity contribution in [3.05, 3.63) is 66.2 Å². The van der Waals surface area contributed by atoms with E-state index in [1.54, 1.807) is 0 Å². The highest BCUT2D eigenvalue weighted by atomic mass is 16.4. The molecule has 5 nitrogen and oxygen atoms in total. The van der Waals surface area contributed by atoms with E-state index in [1.165, 1.54) is 0 Å². The van der Waals surface area contributed by atoms with E-state index in [0.717, 1.165) is 30.6 Å². The number of carboxylic acids is 1. The van der Waals surface area contributed by atoms with Gasteiger partial charge in [-0.3, -0.25) is 4.79 Å². The van der Waals surface area contributed by atoms with Crippen molar-refractivity contribution in [2.45, 2.75) is 31.7 Å². The fourth-order valence-corrected chi connectivity index (χ4v) is 2.55. The molecule has 0 bridgehead atoms. The first-order valence-electron chi connectivity index (χ1n) is 8.50. The van der Waals surface area contributed by atoms with Crippen LogP contribution < -0.4 is 10.6 Å². The minimum absolute atomic E-state index is 0.195. The number of hydrogen-bond acceptors (Lipinski definition) is 3. The van der Waals surface area contributed by atoms with E-state index in [-0.39, 0.29) is 12.3 Å². The van der Waals surface area contributed by atoms with Crippen LogP contribution in [0.25, 0.3) is 0 Å². The summed E-state index contributed by atoms with van der Waals surface area (Å²) in [6.45, 7) is 0.772. The smallest absolute Gasteiger partial charge is 0.326 e. The second-order valence-electron chi connectivity index (χ2n) is 5.91. The summed E-state index contributed by atoms with van der Waals surface area (Å²) < 4.78 is 0. The Morgan fingerprint density at radius 1 is 0.920 bits per heavy atom. The number of nitrogens with one attached hydrogen (secondary N) is 2. The maximum Gasteiger partial charge on any atom is 0.326 e. The summed E-state index contributed by atoms with van der Waals surface area (Å²) in [5.41, 5.74) is 1.92. The monoisotopic (exact) mass is 340 g/mol. The number of anilines is 1. The lowest BCUT2D eigenvalue weighted by Gasteiger charge is -2.15. The van der Waals surface area contributed by atoms with Gasteiger partial charge in [0.1, 0.15) is 6.04 Å². The number of rotatable bonds is 10. The molecule has 0 aromatic heterocycles. The van der Waals surface area contributed by atoms with Crippen LogP contribution in [0.5, 0.6) is 0 Å². The Kier molecular flexibility index (Phi) is 7.50. The zero-order chi connectivity index (χ0) is 17.9. The van der Waals surface area contributed by atoms with Gasteiger partial charge >= 0.3 is 5.97 Å². The molecule has 25 heavy (non-hydrogen) atoms. The van der Waals surface area contributed by atoms with Crippen LogP contribution in [0.2, 0.25) is 0 Å². The summed E-state index contributed by atoms with van der Waals surface area (Å²) >= 11 is 0. The third-order valence-corrected chi connectivity index (χ3v) is 3.86. The van der Waals surface area contributed by atoms with Gasteiger partial charge in [-0.2, -0.15) is 0 Å². The highest BCUT2D eigenvalue weighted by molar-refractivity contribution is 5.84. The number of hydrogen-bond donors (Lipinski definition) is 3. The molecule has 1 unspecified atom stereocenters. The van der Waals surface area contributed by atoms with E-state index in [2.05, 4.69) is 10.6 Å². The predicted molar refractivity (Wildman–Crippen MR) is 98.5 cm³/mol. The third-order valence-electron chi connectivity index (χ3n) is 3.86. The molecule has 0 aliphatic heterocycles. The van der Waals surface area contributed by atoms with Crippen LogP contribution in [-0.2, 0) is 16.0 Å². The van der Waals surface area contributed by atoms with Crippen molar-refractivity contribution >= 4 is 17.6 Å². The minimum Gasteiger partial charge on any atom is -0.480 e. The maximum atomic E-state index is 12.0. The molecule has 0 aliphatic carbocycles. The van der Waals surface area contributed by atoms with Gasteiger partial charge in [-0.15, -0.1) is 0 Å². The predicted octanol–water partition coefficient (Wildman–Crippen LogP) is 3.08. The molecule has 2 aromatic rings. The third kappa shape index (κ3) is 7.08. The summed E-state index contributed by atoms with van der Waals surface area (Å²) in [7, 11) is 0. The lowest BCUT2D eigenvalue weighted by molar-refractivity contribution is -0.142. The Morgan fingerprint density at radius 3 is 2.20 bits per heavy atom. The normalized spacial score (nSPS) is 11.5. The summed E-state index contributed by atoms with van der Waals surface area (Å²) in [5.74, 6) is -1.25. The number of unbranched alkanes of at least 4 members (excludes halogenated alkanes) is 1. The quantitative estimate of drug-likeness (QED) is 0.581. The van der Waals surface area contributed by atoms with Crippen molar-refractivity contribution in [3.8, 4) is 0 Å². The molecule has 1 amide bonds. The van der Waals surface area contributed by atoms with Gasteiger partial charge in [0.05, 0.1) is 6.42 Å². The number of carboxylic acid groups (broad SMARTS) is 1. The average Bonchev–Trinajstić information content (AvgIpc) is 2.62. The molecular formula is C20H24N2O3. The number of amides is 1. The SMILES string of the molecule is O=C(Cc1ccccc1)NC(CCCCNc1ccccc1)C(=O)O. The molecule has 0 saturated carbocycles. The Labute approximate surface area is 148 Å². The molecule has 5 heteroatoms. The van der Waals surface area contributed by atoms with Crippen molar-refractivity contribution in [3.63, 3.8) is 0 Å². The Hall–Kier alpha value is -2.82. The standard InChI is InChI=1S/C20H24N2O3/c23-19(15-16-9-3-1-4-10-16)22-18(20(24)25)13-7-8-14-21-17-11-5-2-6-12-17/h1-6,9-12,18,21H,7-8,13-15H2,(H,22,23)(H,24,25). The maximum absolute atomic E-state index is 12.0. The van der Waals surface area contributed by atoms with Crippen LogP contribution in [0.1, 0.15) is 24.8 Å².